The summed E-state index contributed by atoms with van der Waals surface area (Å²) in [6.07, 6.45) is -1.09. The van der Waals surface area contributed by atoms with Crippen LogP contribution < -0.4 is 0 Å². The molecule has 0 radical (unpaired) electrons. The van der Waals surface area contributed by atoms with Crippen LogP contribution in [0.25, 0.3) is 0 Å². The second-order valence-electron chi connectivity index (χ2n) is 12.9. The highest BCUT2D eigenvalue weighted by molar-refractivity contribution is 7.93. The maximum absolute atomic E-state index is 15.5. The third-order valence-corrected chi connectivity index (χ3v) is 9.43. The zero-order valence-corrected chi connectivity index (χ0v) is 27.4. The van der Waals surface area contributed by atoms with Gasteiger partial charge in [-0.25, -0.2) is 26.8 Å². The molecule has 0 aromatic heterocycles. The van der Waals surface area contributed by atoms with Crippen molar-refractivity contribution in [2.75, 3.05) is 19.0 Å². The summed E-state index contributed by atoms with van der Waals surface area (Å²) in [6.45, 7) is 12.5. The molecule has 12 heteroatoms. The molecule has 242 valence electrons. The Morgan fingerprint density at radius 3 is 1.98 bits per heavy atom. The number of hydrogen-bond acceptors (Lipinski definition) is 8. The molecule has 0 N–H and O–H groups in total. The van der Waals surface area contributed by atoms with E-state index in [-0.39, 0.29) is 24.3 Å². The second-order valence-corrected chi connectivity index (χ2v) is 15.3. The van der Waals surface area contributed by atoms with E-state index < -0.39 is 66.7 Å². The van der Waals surface area contributed by atoms with Gasteiger partial charge >= 0.3 is 12.2 Å². The number of rotatable bonds is 7. The molecule has 2 aromatic rings. The Morgan fingerprint density at radius 2 is 1.48 bits per heavy atom. The van der Waals surface area contributed by atoms with E-state index in [1.807, 2.05) is 6.92 Å². The van der Waals surface area contributed by atoms with Crippen molar-refractivity contribution in [2.45, 2.75) is 89.7 Å². The van der Waals surface area contributed by atoms with E-state index in [4.69, 9.17) is 19.2 Å². The smallest absolute Gasteiger partial charge is 0.425 e. The minimum Gasteiger partial charge on any atom is -0.443 e. The topological polar surface area (TPSA) is 112 Å². The van der Waals surface area contributed by atoms with Crippen LogP contribution in [0.2, 0.25) is 0 Å². The van der Waals surface area contributed by atoms with Crippen LogP contribution in [0.3, 0.4) is 0 Å². The number of imide groups is 1. The third kappa shape index (κ3) is 7.63. The highest BCUT2D eigenvalue weighted by Crippen LogP contribution is 2.45. The molecule has 0 fully saturated rings. The van der Waals surface area contributed by atoms with E-state index in [0.29, 0.717) is 11.3 Å². The largest absolute Gasteiger partial charge is 0.443 e. The van der Waals surface area contributed by atoms with Gasteiger partial charge in [0.25, 0.3) is 0 Å². The third-order valence-electron chi connectivity index (χ3n) is 6.91. The lowest BCUT2D eigenvalue weighted by molar-refractivity contribution is 0.0135. The summed E-state index contributed by atoms with van der Waals surface area (Å²) < 4.78 is 73.6. The maximum Gasteiger partial charge on any atom is 0.425 e. The van der Waals surface area contributed by atoms with Crippen LogP contribution in [-0.4, -0.2) is 61.5 Å². The fraction of sp³-hybridized carbons (Fsp3) is 0.531. The van der Waals surface area contributed by atoms with Crippen molar-refractivity contribution < 1.29 is 41.0 Å². The molecule has 0 spiro atoms. The SMILES string of the molecule is CCCCOC[C@@]1(c2ccccc2F)CS(=O)(=O)C(C)(c2ccc(F)cc2)C(N(C(=O)OC(C)(C)C)C(=O)OC(C)(C)C)=N1. The summed E-state index contributed by atoms with van der Waals surface area (Å²) in [5.74, 6) is -2.73. The highest BCUT2D eigenvalue weighted by Gasteiger charge is 2.59. The molecule has 1 aliphatic heterocycles. The van der Waals surface area contributed by atoms with Gasteiger partial charge in [0.2, 0.25) is 0 Å². The number of carbonyl (C=O) groups excluding carboxylic acids is 2. The van der Waals surface area contributed by atoms with Crippen LogP contribution in [0.4, 0.5) is 18.4 Å². The molecule has 0 bridgehead atoms. The molecular weight excluding hydrogens is 594 g/mol. The van der Waals surface area contributed by atoms with Crippen LogP contribution >= 0.6 is 0 Å². The van der Waals surface area contributed by atoms with Crippen molar-refractivity contribution in [3.63, 3.8) is 0 Å². The van der Waals surface area contributed by atoms with Crippen LogP contribution in [-0.2, 0) is 34.3 Å². The summed E-state index contributed by atoms with van der Waals surface area (Å²) in [5.41, 5.74) is -4.25. The summed E-state index contributed by atoms with van der Waals surface area (Å²) in [5, 5.41) is 0. The highest BCUT2D eigenvalue weighted by atomic mass is 32.2. The lowest BCUT2D eigenvalue weighted by Crippen LogP contribution is -2.62. The molecule has 0 saturated heterocycles. The molecule has 2 atom stereocenters. The van der Waals surface area contributed by atoms with E-state index in [1.165, 1.54) is 37.3 Å². The predicted octanol–water partition coefficient (Wildman–Crippen LogP) is 6.89. The average molecular weight is 637 g/mol. The van der Waals surface area contributed by atoms with Crippen molar-refractivity contribution >= 4 is 27.9 Å². The summed E-state index contributed by atoms with van der Waals surface area (Å²) in [6, 6.07) is 10.1. The lowest BCUT2D eigenvalue weighted by atomic mass is 9.90. The van der Waals surface area contributed by atoms with Gasteiger partial charge in [-0.15, -0.1) is 0 Å². The quantitative estimate of drug-likeness (QED) is 0.304. The molecule has 2 amide bonds. The van der Waals surface area contributed by atoms with E-state index in [1.54, 1.807) is 41.5 Å². The Balaban J connectivity index is 2.47. The van der Waals surface area contributed by atoms with Gasteiger partial charge in [0, 0.05) is 12.2 Å². The lowest BCUT2D eigenvalue weighted by Gasteiger charge is -2.45. The number of amides is 2. The molecule has 1 heterocycles. The van der Waals surface area contributed by atoms with Gasteiger partial charge in [0.1, 0.15) is 34.2 Å². The first-order valence-electron chi connectivity index (χ1n) is 14.4. The van der Waals surface area contributed by atoms with Gasteiger partial charge in [-0.3, -0.25) is 4.99 Å². The minimum atomic E-state index is -4.51. The van der Waals surface area contributed by atoms with Crippen molar-refractivity contribution in [1.82, 2.24) is 4.90 Å². The zero-order chi connectivity index (χ0) is 33.1. The number of carbonyl (C=O) groups is 2. The number of hydrogen-bond donors (Lipinski definition) is 0. The van der Waals surface area contributed by atoms with E-state index in [0.717, 1.165) is 24.6 Å². The molecule has 44 heavy (non-hydrogen) atoms. The molecule has 3 rings (SSSR count). The molecule has 1 unspecified atom stereocenters. The number of benzene rings is 2. The Labute approximate surface area is 258 Å². The summed E-state index contributed by atoms with van der Waals surface area (Å²) in [7, 11) is -4.51. The number of aliphatic imine (C=N–C) groups is 1. The van der Waals surface area contributed by atoms with Gasteiger partial charge in [-0.05, 0) is 78.6 Å². The number of halogens is 2. The predicted molar refractivity (Wildman–Crippen MR) is 163 cm³/mol. The first kappa shape index (κ1) is 35.1. The van der Waals surface area contributed by atoms with E-state index >= 15 is 4.39 Å². The van der Waals surface area contributed by atoms with Crippen molar-refractivity contribution in [1.29, 1.82) is 0 Å². The second kappa shape index (κ2) is 12.9. The van der Waals surface area contributed by atoms with E-state index in [9.17, 15) is 22.4 Å². The minimum absolute atomic E-state index is 0.0174. The fourth-order valence-corrected chi connectivity index (χ4v) is 6.89. The first-order valence-corrected chi connectivity index (χ1v) is 16.1. The Hall–Kier alpha value is -3.38. The first-order chi connectivity index (χ1) is 20.3. The molecule has 9 nitrogen and oxygen atoms in total. The molecule has 2 aromatic carbocycles. The van der Waals surface area contributed by atoms with Crippen LogP contribution in [0.5, 0.6) is 0 Å². The molecule has 0 aliphatic carbocycles. The standard InChI is InChI=1S/C32H42F2N2O7S/c1-9-10-19-41-20-32(24-13-11-12-14-25(24)34)21-44(39,40)31(8,22-15-17-23(33)18-16-22)26(35-32)36(27(37)42-29(2,3)4)28(38)43-30(5,6)7/h11-18H,9-10,19-21H2,1-8H3/t31?,32-/m0/s1. The van der Waals surface area contributed by atoms with Gasteiger partial charge in [-0.1, -0.05) is 43.7 Å². The van der Waals surface area contributed by atoms with Crippen LogP contribution in [0.15, 0.2) is 53.5 Å². The van der Waals surface area contributed by atoms with Crippen LogP contribution in [0, 0.1) is 11.6 Å². The zero-order valence-electron chi connectivity index (χ0n) is 26.6. The van der Waals surface area contributed by atoms with Gasteiger partial charge in [-0.2, -0.15) is 4.90 Å². The van der Waals surface area contributed by atoms with Crippen LogP contribution in [0.1, 0.15) is 79.4 Å². The Morgan fingerprint density at radius 1 is 0.932 bits per heavy atom. The van der Waals surface area contributed by atoms with Gasteiger partial charge in [0.05, 0.1) is 12.4 Å². The summed E-state index contributed by atoms with van der Waals surface area (Å²) >= 11 is 0. The van der Waals surface area contributed by atoms with Crippen molar-refractivity contribution in [3.8, 4) is 0 Å². The van der Waals surface area contributed by atoms with Gasteiger partial charge < -0.3 is 14.2 Å². The normalized spacial score (nSPS) is 21.7. The number of nitrogens with zero attached hydrogens (tertiary/aromatic N) is 2. The Bertz CT molecular complexity index is 1470. The van der Waals surface area contributed by atoms with Crippen molar-refractivity contribution in [2.24, 2.45) is 4.99 Å². The maximum atomic E-state index is 15.5. The monoisotopic (exact) mass is 636 g/mol. The van der Waals surface area contributed by atoms with Crippen molar-refractivity contribution in [3.05, 3.63) is 71.3 Å². The number of unbranched alkanes of at least 4 members (excludes halogenated alkanes) is 1. The number of amidine groups is 1. The number of ether oxygens (including phenoxy) is 3. The Kier molecular flexibility index (Phi) is 10.3. The molecule has 0 saturated carbocycles. The van der Waals surface area contributed by atoms with Gasteiger partial charge in [0.15, 0.2) is 14.6 Å². The number of sulfone groups is 1. The van der Waals surface area contributed by atoms with E-state index in [2.05, 4.69) is 0 Å². The molecule has 1 aliphatic rings. The fourth-order valence-electron chi connectivity index (χ4n) is 4.76. The average Bonchev–Trinajstić information content (AvgIpc) is 2.88. The summed E-state index contributed by atoms with van der Waals surface area (Å²) in [4.78, 5) is 32.9. The molecular formula is C32H42F2N2O7S.